The average molecular weight is 397 g/mol. The van der Waals surface area contributed by atoms with E-state index in [9.17, 15) is 9.59 Å². The fourth-order valence-electron chi connectivity index (χ4n) is 3.02. The molecule has 0 saturated heterocycles. The van der Waals surface area contributed by atoms with Gasteiger partial charge in [0, 0.05) is 37.7 Å². The monoisotopic (exact) mass is 396 g/mol. The van der Waals surface area contributed by atoms with Crippen LogP contribution in [0.4, 0.5) is 0 Å². The molecule has 8 heteroatoms. The molecule has 0 bridgehead atoms. The highest BCUT2D eigenvalue weighted by atomic mass is 16.4. The van der Waals surface area contributed by atoms with Crippen LogP contribution in [0.15, 0.2) is 12.4 Å². The molecule has 0 aliphatic heterocycles. The smallest absolute Gasteiger partial charge is 0.303 e. The first-order valence-electron chi connectivity index (χ1n) is 10.2. The number of rotatable bonds is 17. The average Bonchev–Trinajstić information content (AvgIpc) is 3.06. The van der Waals surface area contributed by atoms with Gasteiger partial charge in [0.15, 0.2) is 0 Å². The number of carbonyl (C=O) groups is 2. The summed E-state index contributed by atoms with van der Waals surface area (Å²) in [7, 11) is 4.09. The van der Waals surface area contributed by atoms with Crippen molar-refractivity contribution in [2.45, 2.75) is 64.5 Å². The standard InChI is InChI=1S/C20H36N4O4/c1-22(2)13-14-24-17-18(15-21-24)16-23(11-7-3-5-9-19(25)26)12-8-4-6-10-20(27)28/h15,17H,3-14,16H2,1-2H3,(H,25,26)(H,27,28). The molecule has 1 heterocycles. The normalized spacial score (nSPS) is 11.4. The van der Waals surface area contributed by atoms with Gasteiger partial charge in [-0.05, 0) is 52.9 Å². The molecule has 0 radical (unpaired) electrons. The number of carboxylic acid groups (broad SMARTS) is 2. The van der Waals surface area contributed by atoms with Gasteiger partial charge in [-0.1, -0.05) is 12.8 Å². The van der Waals surface area contributed by atoms with E-state index in [0.29, 0.717) is 12.8 Å². The van der Waals surface area contributed by atoms with Crippen LogP contribution in [0.2, 0.25) is 0 Å². The zero-order chi connectivity index (χ0) is 20.8. The first-order chi connectivity index (χ1) is 13.4. The number of hydrogen-bond donors (Lipinski definition) is 2. The number of hydrogen-bond acceptors (Lipinski definition) is 5. The van der Waals surface area contributed by atoms with E-state index in [1.807, 2.05) is 25.0 Å². The van der Waals surface area contributed by atoms with E-state index < -0.39 is 11.9 Å². The summed E-state index contributed by atoms with van der Waals surface area (Å²) in [6.07, 6.45) is 9.64. The lowest BCUT2D eigenvalue weighted by Gasteiger charge is -2.21. The van der Waals surface area contributed by atoms with E-state index in [4.69, 9.17) is 10.2 Å². The van der Waals surface area contributed by atoms with E-state index in [1.54, 1.807) is 0 Å². The topological polar surface area (TPSA) is 98.9 Å². The van der Waals surface area contributed by atoms with Crippen LogP contribution in [-0.4, -0.2) is 75.5 Å². The zero-order valence-electron chi connectivity index (χ0n) is 17.3. The lowest BCUT2D eigenvalue weighted by molar-refractivity contribution is -0.138. The van der Waals surface area contributed by atoms with Gasteiger partial charge in [0.1, 0.15) is 0 Å². The third-order valence-corrected chi connectivity index (χ3v) is 4.60. The van der Waals surface area contributed by atoms with Gasteiger partial charge in [0.25, 0.3) is 0 Å². The third kappa shape index (κ3) is 12.5. The summed E-state index contributed by atoms with van der Waals surface area (Å²) in [5.41, 5.74) is 1.18. The largest absolute Gasteiger partial charge is 0.481 e. The minimum absolute atomic E-state index is 0.230. The van der Waals surface area contributed by atoms with E-state index in [0.717, 1.165) is 58.4 Å². The van der Waals surface area contributed by atoms with E-state index in [2.05, 4.69) is 21.1 Å². The Morgan fingerprint density at radius 2 is 1.50 bits per heavy atom. The Morgan fingerprint density at radius 3 is 2.00 bits per heavy atom. The molecular weight excluding hydrogens is 360 g/mol. The Kier molecular flexibility index (Phi) is 12.2. The Balaban J connectivity index is 2.44. The number of unbranched alkanes of at least 4 members (excludes halogenated alkanes) is 4. The molecule has 0 spiro atoms. The molecule has 1 aromatic rings. The molecular formula is C20H36N4O4. The maximum Gasteiger partial charge on any atom is 0.303 e. The van der Waals surface area contributed by atoms with E-state index >= 15 is 0 Å². The maximum absolute atomic E-state index is 10.6. The van der Waals surface area contributed by atoms with Crippen LogP contribution >= 0.6 is 0 Å². The summed E-state index contributed by atoms with van der Waals surface area (Å²) >= 11 is 0. The molecule has 0 aromatic carbocycles. The second-order valence-corrected chi connectivity index (χ2v) is 7.60. The maximum atomic E-state index is 10.6. The number of aliphatic carboxylic acids is 2. The third-order valence-electron chi connectivity index (χ3n) is 4.60. The van der Waals surface area contributed by atoms with Crippen molar-refractivity contribution >= 4 is 11.9 Å². The fraction of sp³-hybridized carbons (Fsp3) is 0.750. The van der Waals surface area contributed by atoms with Crippen LogP contribution in [0, 0.1) is 0 Å². The summed E-state index contributed by atoms with van der Waals surface area (Å²) in [6.45, 7) is 4.46. The van der Waals surface area contributed by atoms with Gasteiger partial charge in [0.05, 0.1) is 12.7 Å². The first kappa shape index (κ1) is 24.1. The number of likely N-dealkylation sites (N-methyl/N-ethyl adjacent to an activating group) is 1. The SMILES string of the molecule is CN(C)CCn1cc(CN(CCCCCC(=O)O)CCCCCC(=O)O)cn1. The van der Waals surface area contributed by atoms with Gasteiger partial charge in [-0.3, -0.25) is 19.2 Å². The van der Waals surface area contributed by atoms with Crippen molar-refractivity contribution in [3.63, 3.8) is 0 Å². The zero-order valence-corrected chi connectivity index (χ0v) is 17.3. The van der Waals surface area contributed by atoms with Crippen molar-refractivity contribution < 1.29 is 19.8 Å². The van der Waals surface area contributed by atoms with Crippen molar-refractivity contribution in [3.05, 3.63) is 18.0 Å². The van der Waals surface area contributed by atoms with Gasteiger partial charge in [0.2, 0.25) is 0 Å². The Bertz CT molecular complexity index is 550. The quantitative estimate of drug-likeness (QED) is 0.390. The highest BCUT2D eigenvalue weighted by Crippen LogP contribution is 2.10. The molecule has 0 amide bonds. The highest BCUT2D eigenvalue weighted by molar-refractivity contribution is 5.66. The number of aromatic nitrogens is 2. The summed E-state index contributed by atoms with van der Waals surface area (Å²) < 4.78 is 1.97. The molecule has 1 rings (SSSR count). The van der Waals surface area contributed by atoms with E-state index in [-0.39, 0.29) is 12.8 Å². The Labute approximate surface area is 168 Å². The van der Waals surface area contributed by atoms with Crippen LogP contribution < -0.4 is 0 Å². The van der Waals surface area contributed by atoms with E-state index in [1.165, 1.54) is 5.56 Å². The molecule has 160 valence electrons. The molecule has 28 heavy (non-hydrogen) atoms. The molecule has 0 aliphatic carbocycles. The summed E-state index contributed by atoms with van der Waals surface area (Å²) in [4.78, 5) is 25.7. The molecule has 1 aromatic heterocycles. The lowest BCUT2D eigenvalue weighted by atomic mass is 10.1. The lowest BCUT2D eigenvalue weighted by Crippen LogP contribution is -2.25. The first-order valence-corrected chi connectivity index (χ1v) is 10.2. The number of carboxylic acids is 2. The molecule has 8 nitrogen and oxygen atoms in total. The van der Waals surface area contributed by atoms with Gasteiger partial charge in [-0.15, -0.1) is 0 Å². The molecule has 0 atom stereocenters. The fourth-order valence-corrected chi connectivity index (χ4v) is 3.02. The molecule has 2 N–H and O–H groups in total. The summed E-state index contributed by atoms with van der Waals surface area (Å²) in [5, 5.41) is 21.9. The van der Waals surface area contributed by atoms with Crippen molar-refractivity contribution in [2.75, 3.05) is 33.7 Å². The van der Waals surface area contributed by atoms with Crippen LogP contribution in [-0.2, 0) is 22.7 Å². The van der Waals surface area contributed by atoms with Crippen LogP contribution in [0.5, 0.6) is 0 Å². The van der Waals surface area contributed by atoms with Crippen molar-refractivity contribution in [1.82, 2.24) is 19.6 Å². The Hall–Kier alpha value is -1.93. The predicted molar refractivity (Wildman–Crippen MR) is 108 cm³/mol. The minimum atomic E-state index is -0.736. The minimum Gasteiger partial charge on any atom is -0.481 e. The van der Waals surface area contributed by atoms with Crippen LogP contribution in [0.1, 0.15) is 56.9 Å². The van der Waals surface area contributed by atoms with Crippen LogP contribution in [0.3, 0.4) is 0 Å². The summed E-state index contributed by atoms with van der Waals surface area (Å²) in [5.74, 6) is -1.47. The molecule has 0 saturated carbocycles. The predicted octanol–water partition coefficient (Wildman–Crippen LogP) is 2.54. The highest BCUT2D eigenvalue weighted by Gasteiger charge is 2.09. The van der Waals surface area contributed by atoms with Gasteiger partial charge >= 0.3 is 11.9 Å². The molecule has 0 unspecified atom stereocenters. The summed E-state index contributed by atoms with van der Waals surface area (Å²) in [6, 6.07) is 0. The second kappa shape index (κ2) is 14.1. The second-order valence-electron chi connectivity index (χ2n) is 7.60. The van der Waals surface area contributed by atoms with Gasteiger partial charge < -0.3 is 15.1 Å². The number of nitrogens with zero attached hydrogens (tertiary/aromatic N) is 4. The van der Waals surface area contributed by atoms with Gasteiger partial charge in [-0.2, -0.15) is 5.10 Å². The molecule has 0 aliphatic rings. The molecule has 0 fully saturated rings. The van der Waals surface area contributed by atoms with Gasteiger partial charge in [-0.25, -0.2) is 0 Å². The van der Waals surface area contributed by atoms with Crippen molar-refractivity contribution in [3.8, 4) is 0 Å². The van der Waals surface area contributed by atoms with Crippen molar-refractivity contribution in [2.24, 2.45) is 0 Å². The Morgan fingerprint density at radius 1 is 0.929 bits per heavy atom. The van der Waals surface area contributed by atoms with Crippen LogP contribution in [0.25, 0.3) is 0 Å². The van der Waals surface area contributed by atoms with Crippen molar-refractivity contribution in [1.29, 1.82) is 0 Å².